The molecule has 0 aliphatic carbocycles. The quantitative estimate of drug-likeness (QED) is 0.578. The van der Waals surface area contributed by atoms with Crippen LogP contribution in [-0.2, 0) is 4.79 Å². The van der Waals surface area contributed by atoms with Gasteiger partial charge < -0.3 is 4.74 Å². The van der Waals surface area contributed by atoms with Crippen LogP contribution in [0.1, 0.15) is 10.4 Å². The summed E-state index contributed by atoms with van der Waals surface area (Å²) in [4.78, 5) is 28.1. The average molecular weight is 251 g/mol. The van der Waals surface area contributed by atoms with Crippen LogP contribution in [-0.4, -0.2) is 17.5 Å². The van der Waals surface area contributed by atoms with Gasteiger partial charge in [-0.2, -0.15) is 0 Å². The fourth-order valence-corrected chi connectivity index (χ4v) is 1.84. The molecule has 1 heterocycles. The Labute approximate surface area is 109 Å². The highest BCUT2D eigenvalue weighted by molar-refractivity contribution is 6.69. The van der Waals surface area contributed by atoms with Crippen molar-refractivity contribution >= 4 is 23.2 Å². The lowest BCUT2D eigenvalue weighted by atomic mass is 10.0. The average Bonchev–Trinajstić information content (AvgIpc) is 2.45. The topological polar surface area (TPSA) is 55.7 Å². The predicted molar refractivity (Wildman–Crippen MR) is 69.9 cm³/mol. The fourth-order valence-electron chi connectivity index (χ4n) is 1.84. The number of rotatable bonds is 1. The van der Waals surface area contributed by atoms with Crippen LogP contribution in [0.2, 0.25) is 0 Å². The summed E-state index contributed by atoms with van der Waals surface area (Å²) in [6, 6.07) is 15.5. The minimum absolute atomic E-state index is 0.190. The summed E-state index contributed by atoms with van der Waals surface area (Å²) in [7, 11) is 0. The maximum Gasteiger partial charge on any atom is 0.366 e. The third-order valence-electron chi connectivity index (χ3n) is 2.74. The Hall–Kier alpha value is -2.75. The molecule has 92 valence electrons. The van der Waals surface area contributed by atoms with Crippen LogP contribution in [0.4, 0.5) is 5.69 Å². The highest BCUT2D eigenvalue weighted by Crippen LogP contribution is 2.24. The molecule has 0 saturated heterocycles. The summed E-state index contributed by atoms with van der Waals surface area (Å²) in [6.07, 6.45) is 0. The first-order valence-corrected chi connectivity index (χ1v) is 5.75. The van der Waals surface area contributed by atoms with Crippen LogP contribution >= 0.6 is 0 Å². The van der Waals surface area contributed by atoms with E-state index in [0.717, 1.165) is 0 Å². The Bertz CT molecular complexity index is 690. The number of nitrogens with zero attached hydrogens (tertiary/aromatic N) is 1. The lowest BCUT2D eigenvalue weighted by Crippen LogP contribution is -2.33. The lowest BCUT2D eigenvalue weighted by molar-refractivity contribution is -0.127. The highest BCUT2D eigenvalue weighted by Gasteiger charge is 2.32. The number of hydrogen-bond acceptors (Lipinski definition) is 4. The molecule has 2 aromatic rings. The molecule has 0 bridgehead atoms. The van der Waals surface area contributed by atoms with E-state index in [1.807, 2.05) is 6.07 Å². The maximum absolute atomic E-state index is 12.2. The van der Waals surface area contributed by atoms with Gasteiger partial charge in [0.25, 0.3) is 0 Å². The number of carbonyl (C=O) groups is 2. The molecular weight excluding hydrogens is 242 g/mol. The van der Waals surface area contributed by atoms with Gasteiger partial charge in [-0.25, -0.2) is 9.79 Å². The second-order valence-corrected chi connectivity index (χ2v) is 4.01. The molecule has 0 atom stereocenters. The SMILES string of the molecule is O=C1Oc2ccccc2C(=O)C1=Nc1ccccc1. The van der Waals surface area contributed by atoms with E-state index in [1.54, 1.807) is 48.5 Å². The van der Waals surface area contributed by atoms with E-state index in [9.17, 15) is 9.59 Å². The van der Waals surface area contributed by atoms with Crippen LogP contribution in [0, 0.1) is 0 Å². The van der Waals surface area contributed by atoms with Crippen molar-refractivity contribution in [2.45, 2.75) is 0 Å². The molecule has 19 heavy (non-hydrogen) atoms. The van der Waals surface area contributed by atoms with Gasteiger partial charge in [0.1, 0.15) is 5.75 Å². The van der Waals surface area contributed by atoms with Gasteiger partial charge in [0.05, 0.1) is 11.3 Å². The zero-order valence-electron chi connectivity index (χ0n) is 9.87. The number of hydrogen-bond donors (Lipinski definition) is 0. The Kier molecular flexibility index (Phi) is 2.68. The second-order valence-electron chi connectivity index (χ2n) is 4.01. The van der Waals surface area contributed by atoms with E-state index >= 15 is 0 Å². The van der Waals surface area contributed by atoms with Crippen molar-refractivity contribution in [2.75, 3.05) is 0 Å². The number of esters is 1. The zero-order valence-corrected chi connectivity index (χ0v) is 9.87. The number of para-hydroxylation sites is 2. The Morgan fingerprint density at radius 2 is 1.53 bits per heavy atom. The molecule has 4 heteroatoms. The molecule has 0 aromatic heterocycles. The van der Waals surface area contributed by atoms with Crippen LogP contribution in [0.25, 0.3) is 0 Å². The van der Waals surface area contributed by atoms with E-state index in [2.05, 4.69) is 4.99 Å². The van der Waals surface area contributed by atoms with Crippen molar-refractivity contribution in [3.05, 3.63) is 60.2 Å². The third kappa shape index (κ3) is 2.04. The molecule has 0 N–H and O–H groups in total. The standard InChI is InChI=1S/C15H9NO3/c17-14-11-8-4-5-9-12(11)19-15(18)13(14)16-10-6-2-1-3-7-10/h1-9H. The number of carbonyl (C=O) groups excluding carboxylic acids is 2. The van der Waals surface area contributed by atoms with Crippen LogP contribution < -0.4 is 4.74 Å². The number of aliphatic imine (C=N–C) groups is 1. The molecule has 0 spiro atoms. The van der Waals surface area contributed by atoms with Gasteiger partial charge in [0.15, 0.2) is 5.71 Å². The first kappa shape index (κ1) is 11.3. The lowest BCUT2D eigenvalue weighted by Gasteiger charge is -2.15. The van der Waals surface area contributed by atoms with E-state index in [1.165, 1.54) is 0 Å². The maximum atomic E-state index is 12.2. The van der Waals surface area contributed by atoms with Gasteiger partial charge in [0, 0.05) is 0 Å². The molecule has 0 radical (unpaired) electrons. The minimum Gasteiger partial charge on any atom is -0.421 e. The Morgan fingerprint density at radius 1 is 0.842 bits per heavy atom. The van der Waals surface area contributed by atoms with E-state index in [4.69, 9.17) is 4.74 Å². The van der Waals surface area contributed by atoms with Crippen molar-refractivity contribution in [1.82, 2.24) is 0 Å². The first-order valence-electron chi connectivity index (χ1n) is 5.75. The zero-order chi connectivity index (χ0) is 13.2. The molecule has 0 fully saturated rings. The Balaban J connectivity index is 2.07. The first-order chi connectivity index (χ1) is 9.25. The van der Waals surface area contributed by atoms with Crippen LogP contribution in [0.3, 0.4) is 0 Å². The molecular formula is C15H9NO3. The van der Waals surface area contributed by atoms with Crippen molar-refractivity contribution in [1.29, 1.82) is 0 Å². The van der Waals surface area contributed by atoms with Crippen molar-refractivity contribution in [3.8, 4) is 5.75 Å². The van der Waals surface area contributed by atoms with E-state index in [-0.39, 0.29) is 11.5 Å². The van der Waals surface area contributed by atoms with Gasteiger partial charge in [-0.15, -0.1) is 0 Å². The molecule has 3 rings (SSSR count). The molecule has 0 unspecified atom stereocenters. The predicted octanol–water partition coefficient (Wildman–Crippen LogP) is 2.56. The molecule has 4 nitrogen and oxygen atoms in total. The number of fused-ring (bicyclic) bond motifs is 1. The van der Waals surface area contributed by atoms with Gasteiger partial charge in [-0.1, -0.05) is 30.3 Å². The number of Topliss-reactive ketones (excluding diaryl/α,β-unsaturated/α-hetero) is 1. The molecule has 0 amide bonds. The largest absolute Gasteiger partial charge is 0.421 e. The minimum atomic E-state index is -0.715. The van der Waals surface area contributed by atoms with Crippen molar-refractivity contribution in [3.63, 3.8) is 0 Å². The molecule has 2 aromatic carbocycles. The highest BCUT2D eigenvalue weighted by atomic mass is 16.5. The number of benzene rings is 2. The molecule has 0 saturated carbocycles. The number of ether oxygens (including phenoxy) is 1. The van der Waals surface area contributed by atoms with Crippen LogP contribution in [0.15, 0.2) is 59.6 Å². The van der Waals surface area contributed by atoms with Gasteiger partial charge in [-0.05, 0) is 24.3 Å². The van der Waals surface area contributed by atoms with E-state index in [0.29, 0.717) is 11.3 Å². The third-order valence-corrected chi connectivity index (χ3v) is 2.74. The fraction of sp³-hybridized carbons (Fsp3) is 0. The monoisotopic (exact) mass is 251 g/mol. The van der Waals surface area contributed by atoms with Gasteiger partial charge in [-0.3, -0.25) is 4.79 Å². The summed E-state index contributed by atoms with van der Waals surface area (Å²) in [5.41, 5.74) is 0.712. The van der Waals surface area contributed by atoms with Gasteiger partial charge in [0.2, 0.25) is 5.78 Å². The summed E-state index contributed by atoms with van der Waals surface area (Å²) in [5, 5.41) is 0. The molecule has 1 aliphatic heterocycles. The van der Waals surface area contributed by atoms with E-state index < -0.39 is 11.8 Å². The second kappa shape index (κ2) is 4.49. The summed E-state index contributed by atoms with van der Waals surface area (Å²) < 4.78 is 5.10. The molecule has 1 aliphatic rings. The summed E-state index contributed by atoms with van der Waals surface area (Å²) in [6.45, 7) is 0. The van der Waals surface area contributed by atoms with Crippen LogP contribution in [0.5, 0.6) is 5.75 Å². The van der Waals surface area contributed by atoms with Crippen molar-refractivity contribution in [2.24, 2.45) is 4.99 Å². The van der Waals surface area contributed by atoms with Crippen molar-refractivity contribution < 1.29 is 14.3 Å². The normalized spacial score (nSPS) is 16.1. The number of ketones is 1. The summed E-state index contributed by atoms with van der Waals surface area (Å²) in [5.74, 6) is -0.840. The van der Waals surface area contributed by atoms with Gasteiger partial charge >= 0.3 is 5.97 Å². The Morgan fingerprint density at radius 3 is 2.32 bits per heavy atom. The summed E-state index contributed by atoms with van der Waals surface area (Å²) >= 11 is 0. The smallest absolute Gasteiger partial charge is 0.366 e.